The molecular weight excluding hydrogens is 593 g/mol. The van der Waals surface area contributed by atoms with Crippen LogP contribution in [0.2, 0.25) is 0 Å². The topological polar surface area (TPSA) is 17.8 Å². The lowest BCUT2D eigenvalue weighted by Crippen LogP contribution is -2.00. The number of aryl methyl sites for hydroxylation is 1. The molecular formula is C47H34N2. The van der Waals surface area contributed by atoms with Crippen molar-refractivity contribution in [1.29, 1.82) is 0 Å². The van der Waals surface area contributed by atoms with E-state index in [4.69, 9.17) is 4.98 Å². The summed E-state index contributed by atoms with van der Waals surface area (Å²) >= 11 is 0. The van der Waals surface area contributed by atoms with E-state index < -0.39 is 0 Å². The summed E-state index contributed by atoms with van der Waals surface area (Å²) in [5.74, 6) is 1.07. The second kappa shape index (κ2) is 12.1. The minimum atomic E-state index is 0.864. The number of hydrogen-bond acceptors (Lipinski definition) is 1. The highest BCUT2D eigenvalue weighted by Gasteiger charge is 2.18. The molecule has 0 bridgehead atoms. The Kier molecular flexibility index (Phi) is 7.13. The van der Waals surface area contributed by atoms with Crippen molar-refractivity contribution in [1.82, 2.24) is 9.55 Å². The molecule has 2 nitrogen and oxygen atoms in total. The number of para-hydroxylation sites is 2. The third-order valence-corrected chi connectivity index (χ3v) is 9.73. The van der Waals surface area contributed by atoms with Gasteiger partial charge in [-0.05, 0) is 102 Å². The van der Waals surface area contributed by atoms with Gasteiger partial charge in [0.05, 0.1) is 11.0 Å². The minimum Gasteiger partial charge on any atom is -0.296 e. The van der Waals surface area contributed by atoms with E-state index in [1.165, 1.54) is 66.1 Å². The fourth-order valence-electron chi connectivity index (χ4n) is 7.49. The van der Waals surface area contributed by atoms with E-state index in [-0.39, 0.29) is 0 Å². The summed E-state index contributed by atoms with van der Waals surface area (Å²) in [6.45, 7) is 2.17. The Morgan fingerprint density at radius 3 is 1.59 bits per heavy atom. The molecule has 9 aromatic rings. The highest BCUT2D eigenvalue weighted by Crippen LogP contribution is 2.45. The van der Waals surface area contributed by atoms with Crippen LogP contribution >= 0.6 is 0 Å². The van der Waals surface area contributed by atoms with Crippen LogP contribution in [0.15, 0.2) is 176 Å². The number of benzene rings is 8. The van der Waals surface area contributed by atoms with Crippen LogP contribution in [0, 0.1) is 0 Å². The molecule has 0 aliphatic heterocycles. The minimum absolute atomic E-state index is 0.864. The quantitative estimate of drug-likeness (QED) is 0.168. The Balaban J connectivity index is 1.22. The zero-order valence-corrected chi connectivity index (χ0v) is 27.3. The Bertz CT molecular complexity index is 2630. The van der Waals surface area contributed by atoms with Crippen LogP contribution in [0.1, 0.15) is 12.7 Å². The van der Waals surface area contributed by atoms with Gasteiger partial charge in [0.1, 0.15) is 5.82 Å². The molecule has 0 amide bonds. The second-order valence-electron chi connectivity index (χ2n) is 12.6. The number of nitrogens with zero attached hydrogens (tertiary/aromatic N) is 2. The third-order valence-electron chi connectivity index (χ3n) is 9.73. The van der Waals surface area contributed by atoms with E-state index >= 15 is 0 Å². The van der Waals surface area contributed by atoms with Crippen LogP contribution in [0.25, 0.3) is 82.8 Å². The molecule has 0 N–H and O–H groups in total. The lowest BCUT2D eigenvalue weighted by atomic mass is 9.85. The van der Waals surface area contributed by atoms with Crippen molar-refractivity contribution in [3.63, 3.8) is 0 Å². The summed E-state index contributed by atoms with van der Waals surface area (Å²) in [6.07, 6.45) is 0.864. The third kappa shape index (κ3) is 5.01. The monoisotopic (exact) mass is 626 g/mol. The van der Waals surface area contributed by atoms with Crippen LogP contribution in [0.3, 0.4) is 0 Å². The predicted octanol–water partition coefficient (Wildman–Crippen LogP) is 12.6. The van der Waals surface area contributed by atoms with E-state index in [1.807, 2.05) is 0 Å². The van der Waals surface area contributed by atoms with Gasteiger partial charge in [0.2, 0.25) is 0 Å². The van der Waals surface area contributed by atoms with Gasteiger partial charge in [-0.15, -0.1) is 0 Å². The van der Waals surface area contributed by atoms with E-state index in [9.17, 15) is 0 Å². The van der Waals surface area contributed by atoms with Gasteiger partial charge in [-0.2, -0.15) is 0 Å². The van der Waals surface area contributed by atoms with Crippen molar-refractivity contribution in [3.05, 3.63) is 182 Å². The van der Waals surface area contributed by atoms with Crippen molar-refractivity contribution < 1.29 is 0 Å². The molecule has 0 aliphatic carbocycles. The summed E-state index contributed by atoms with van der Waals surface area (Å²) in [4.78, 5) is 4.92. The summed E-state index contributed by atoms with van der Waals surface area (Å²) in [6, 6.07) is 63.7. The predicted molar refractivity (Wildman–Crippen MR) is 207 cm³/mol. The van der Waals surface area contributed by atoms with Crippen molar-refractivity contribution in [2.45, 2.75) is 13.3 Å². The fraction of sp³-hybridized carbons (Fsp3) is 0.0426. The first-order valence-electron chi connectivity index (χ1n) is 17.0. The number of aromatic nitrogens is 2. The lowest BCUT2D eigenvalue weighted by Gasteiger charge is -2.19. The van der Waals surface area contributed by atoms with Crippen LogP contribution in [0.5, 0.6) is 0 Å². The average Bonchev–Trinajstić information content (AvgIpc) is 3.56. The Morgan fingerprint density at radius 2 is 0.918 bits per heavy atom. The molecule has 0 saturated carbocycles. The maximum absolute atomic E-state index is 4.92. The number of fused-ring (bicyclic) bond motifs is 3. The molecule has 0 unspecified atom stereocenters. The van der Waals surface area contributed by atoms with Crippen LogP contribution < -0.4 is 0 Å². The van der Waals surface area contributed by atoms with Crippen LogP contribution in [0.4, 0.5) is 0 Å². The van der Waals surface area contributed by atoms with Gasteiger partial charge in [0.15, 0.2) is 0 Å². The maximum atomic E-state index is 4.92. The molecule has 0 spiro atoms. The van der Waals surface area contributed by atoms with Gasteiger partial charge in [-0.25, -0.2) is 4.98 Å². The van der Waals surface area contributed by atoms with Crippen LogP contribution in [-0.2, 0) is 6.42 Å². The Morgan fingerprint density at radius 1 is 0.408 bits per heavy atom. The summed E-state index contributed by atoms with van der Waals surface area (Å²) in [5.41, 5.74) is 13.1. The standard InChI is InChI=1S/C47H34N2/c1-2-45-48-43-25-11-12-26-44(43)49(45)38-22-14-21-36(30-38)34-19-13-20-35(29-34)37-27-28-41-42(31-37)47(33-17-7-4-8-18-33)40-24-10-9-23-39(40)46(41)32-15-5-3-6-16-32/h3-31H,2H2,1H3. The number of rotatable bonds is 6. The van der Waals surface area contributed by atoms with Gasteiger partial charge in [-0.1, -0.05) is 146 Å². The van der Waals surface area contributed by atoms with E-state index in [2.05, 4.69) is 187 Å². The molecule has 0 saturated heterocycles. The van der Waals surface area contributed by atoms with Gasteiger partial charge in [0.25, 0.3) is 0 Å². The molecule has 1 heterocycles. The highest BCUT2D eigenvalue weighted by molar-refractivity contribution is 6.22. The first-order valence-corrected chi connectivity index (χ1v) is 17.0. The molecule has 232 valence electrons. The molecule has 9 rings (SSSR count). The average molecular weight is 627 g/mol. The molecule has 0 aliphatic rings. The number of imidazole rings is 1. The first-order chi connectivity index (χ1) is 24.3. The second-order valence-corrected chi connectivity index (χ2v) is 12.6. The summed E-state index contributed by atoms with van der Waals surface area (Å²) in [7, 11) is 0. The zero-order valence-electron chi connectivity index (χ0n) is 27.3. The molecule has 0 radical (unpaired) electrons. The molecule has 0 fully saturated rings. The summed E-state index contributed by atoms with van der Waals surface area (Å²) < 4.78 is 2.30. The molecule has 2 heteroatoms. The molecule has 8 aromatic carbocycles. The molecule has 0 atom stereocenters. The lowest BCUT2D eigenvalue weighted by molar-refractivity contribution is 0.908. The smallest absolute Gasteiger partial charge is 0.114 e. The van der Waals surface area contributed by atoms with E-state index in [1.54, 1.807) is 0 Å². The van der Waals surface area contributed by atoms with Gasteiger partial charge in [0, 0.05) is 12.1 Å². The SMILES string of the molecule is CCc1nc2ccccc2n1-c1cccc(-c2cccc(-c3ccc4c(-c5ccccc5)c5ccccc5c(-c5ccccc5)c4c3)c2)c1. The summed E-state index contributed by atoms with van der Waals surface area (Å²) in [5, 5.41) is 5.05. The number of hydrogen-bond donors (Lipinski definition) is 0. The molecule has 49 heavy (non-hydrogen) atoms. The molecule has 1 aromatic heterocycles. The van der Waals surface area contributed by atoms with Crippen LogP contribution in [-0.4, -0.2) is 9.55 Å². The van der Waals surface area contributed by atoms with Gasteiger partial charge >= 0.3 is 0 Å². The Hall–Kier alpha value is -6.25. The zero-order chi connectivity index (χ0) is 32.7. The Labute approximate surface area is 286 Å². The van der Waals surface area contributed by atoms with Gasteiger partial charge in [-0.3, -0.25) is 4.57 Å². The van der Waals surface area contributed by atoms with Crippen molar-refractivity contribution in [3.8, 4) is 50.2 Å². The first kappa shape index (κ1) is 28.9. The fourth-order valence-corrected chi connectivity index (χ4v) is 7.49. The van der Waals surface area contributed by atoms with Crippen molar-refractivity contribution in [2.24, 2.45) is 0 Å². The normalized spacial score (nSPS) is 11.4. The maximum Gasteiger partial charge on any atom is 0.114 e. The van der Waals surface area contributed by atoms with E-state index in [0.29, 0.717) is 0 Å². The highest BCUT2D eigenvalue weighted by atomic mass is 15.1. The van der Waals surface area contributed by atoms with Crippen molar-refractivity contribution in [2.75, 3.05) is 0 Å². The van der Waals surface area contributed by atoms with Crippen molar-refractivity contribution >= 4 is 32.6 Å². The largest absolute Gasteiger partial charge is 0.296 e. The van der Waals surface area contributed by atoms with Gasteiger partial charge < -0.3 is 0 Å². The van der Waals surface area contributed by atoms with E-state index in [0.717, 1.165) is 29.0 Å².